The summed E-state index contributed by atoms with van der Waals surface area (Å²) >= 11 is 0. The molecule has 0 saturated heterocycles. The van der Waals surface area contributed by atoms with Gasteiger partial charge in [-0.2, -0.15) is 5.10 Å². The van der Waals surface area contributed by atoms with E-state index in [2.05, 4.69) is 15.1 Å². The van der Waals surface area contributed by atoms with Gasteiger partial charge >= 0.3 is 0 Å². The maximum Gasteiger partial charge on any atom is 0.273 e. The predicted molar refractivity (Wildman–Crippen MR) is 111 cm³/mol. The van der Waals surface area contributed by atoms with Gasteiger partial charge < -0.3 is 4.90 Å². The molecule has 1 atom stereocenters. The Kier molecular flexibility index (Phi) is 4.69. The average molecular weight is 437 g/mol. The quantitative estimate of drug-likeness (QED) is 0.441. The normalized spacial score (nSPS) is 15.8. The van der Waals surface area contributed by atoms with Crippen LogP contribution in [-0.4, -0.2) is 37.1 Å². The Hall–Kier alpha value is -3.75. The molecular formula is C23H18F3N5O. The number of amides is 1. The van der Waals surface area contributed by atoms with Gasteiger partial charge in [-0.1, -0.05) is 0 Å². The molecule has 1 aliphatic heterocycles. The fourth-order valence-electron chi connectivity index (χ4n) is 4.30. The predicted octanol–water partition coefficient (Wildman–Crippen LogP) is 4.21. The molecule has 0 bridgehead atoms. The van der Waals surface area contributed by atoms with Crippen LogP contribution in [0.2, 0.25) is 0 Å². The minimum absolute atomic E-state index is 0.202. The summed E-state index contributed by atoms with van der Waals surface area (Å²) in [4.78, 5) is 23.6. The third-order valence-corrected chi connectivity index (χ3v) is 5.84. The summed E-state index contributed by atoms with van der Waals surface area (Å²) in [6, 6.07) is 8.50. The molecule has 0 spiro atoms. The van der Waals surface area contributed by atoms with Crippen LogP contribution in [0.4, 0.5) is 13.2 Å². The Labute approximate surface area is 181 Å². The third-order valence-electron chi connectivity index (χ3n) is 5.84. The summed E-state index contributed by atoms with van der Waals surface area (Å²) in [6.07, 6.45) is 2.10. The lowest BCUT2D eigenvalue weighted by Crippen LogP contribution is -2.39. The zero-order chi connectivity index (χ0) is 22.6. The monoisotopic (exact) mass is 437 g/mol. The lowest BCUT2D eigenvalue weighted by Gasteiger charge is -2.32. The Morgan fingerprint density at radius 2 is 1.84 bits per heavy atom. The van der Waals surface area contributed by atoms with E-state index in [1.165, 1.54) is 4.68 Å². The number of hydrogen-bond acceptors (Lipinski definition) is 4. The number of aryl methyl sites for hydroxylation is 1. The summed E-state index contributed by atoms with van der Waals surface area (Å²) in [6.45, 7) is 2.23. The van der Waals surface area contributed by atoms with Gasteiger partial charge in [0.05, 0.1) is 28.5 Å². The number of pyridine rings is 2. The van der Waals surface area contributed by atoms with Crippen LogP contribution in [0.3, 0.4) is 0 Å². The van der Waals surface area contributed by atoms with Gasteiger partial charge in [-0.25, -0.2) is 18.2 Å². The second kappa shape index (κ2) is 7.44. The van der Waals surface area contributed by atoms with Gasteiger partial charge in [-0.3, -0.25) is 14.5 Å². The number of hydrogen-bond donors (Lipinski definition) is 0. The van der Waals surface area contributed by atoms with Crippen molar-refractivity contribution in [2.45, 2.75) is 19.4 Å². The van der Waals surface area contributed by atoms with Crippen molar-refractivity contribution in [1.82, 2.24) is 24.6 Å². The first-order chi connectivity index (χ1) is 15.3. The molecule has 0 radical (unpaired) electrons. The molecule has 0 saturated carbocycles. The van der Waals surface area contributed by atoms with Crippen molar-refractivity contribution < 1.29 is 18.0 Å². The summed E-state index contributed by atoms with van der Waals surface area (Å²) in [7, 11) is 1.66. The highest BCUT2D eigenvalue weighted by Gasteiger charge is 2.34. The van der Waals surface area contributed by atoms with E-state index in [9.17, 15) is 18.0 Å². The fourth-order valence-corrected chi connectivity index (χ4v) is 4.30. The van der Waals surface area contributed by atoms with Gasteiger partial charge in [-0.15, -0.1) is 0 Å². The molecule has 0 fully saturated rings. The molecule has 9 heteroatoms. The number of benzene rings is 1. The number of nitrogens with zero attached hydrogens (tertiary/aromatic N) is 5. The molecule has 32 heavy (non-hydrogen) atoms. The van der Waals surface area contributed by atoms with Crippen molar-refractivity contribution in [3.8, 4) is 11.3 Å². The number of halogens is 3. The first-order valence-electron chi connectivity index (χ1n) is 10.1. The molecule has 4 heterocycles. The lowest BCUT2D eigenvalue weighted by molar-refractivity contribution is 0.0668. The summed E-state index contributed by atoms with van der Waals surface area (Å²) < 4.78 is 42.6. The van der Waals surface area contributed by atoms with E-state index in [-0.39, 0.29) is 17.5 Å². The van der Waals surface area contributed by atoms with Gasteiger partial charge in [-0.05, 0) is 49.7 Å². The number of rotatable bonds is 2. The Morgan fingerprint density at radius 3 is 2.59 bits per heavy atom. The fraction of sp³-hybridized carbons (Fsp3) is 0.217. The molecule has 0 unspecified atom stereocenters. The highest BCUT2D eigenvalue weighted by atomic mass is 19.2. The van der Waals surface area contributed by atoms with Crippen LogP contribution in [0.5, 0.6) is 0 Å². The van der Waals surface area contributed by atoms with Gasteiger partial charge in [0.1, 0.15) is 5.69 Å². The molecule has 5 rings (SSSR count). The minimum atomic E-state index is -1.51. The van der Waals surface area contributed by atoms with Crippen LogP contribution < -0.4 is 0 Å². The maximum absolute atomic E-state index is 13.8. The average Bonchev–Trinajstić information content (AvgIpc) is 3.13. The zero-order valence-electron chi connectivity index (χ0n) is 17.3. The molecule has 3 aromatic heterocycles. The van der Waals surface area contributed by atoms with E-state index in [4.69, 9.17) is 0 Å². The van der Waals surface area contributed by atoms with Crippen LogP contribution in [0.15, 0.2) is 42.6 Å². The first-order valence-corrected chi connectivity index (χ1v) is 10.1. The summed E-state index contributed by atoms with van der Waals surface area (Å²) in [5.74, 6) is -4.26. The molecule has 0 aliphatic carbocycles. The zero-order valence-corrected chi connectivity index (χ0v) is 17.3. The molecule has 6 nitrogen and oxygen atoms in total. The van der Waals surface area contributed by atoms with E-state index in [0.717, 1.165) is 17.7 Å². The summed E-state index contributed by atoms with van der Waals surface area (Å²) in [5.41, 5.74) is 3.76. The van der Waals surface area contributed by atoms with Crippen LogP contribution in [-0.2, 0) is 13.5 Å². The van der Waals surface area contributed by atoms with Crippen molar-refractivity contribution in [3.05, 3.63) is 77.0 Å². The second-order valence-corrected chi connectivity index (χ2v) is 7.75. The van der Waals surface area contributed by atoms with E-state index < -0.39 is 17.5 Å². The van der Waals surface area contributed by atoms with Crippen LogP contribution in [0, 0.1) is 17.5 Å². The molecular weight excluding hydrogens is 419 g/mol. The number of aromatic nitrogens is 4. The highest BCUT2D eigenvalue weighted by molar-refractivity contribution is 5.95. The van der Waals surface area contributed by atoms with Crippen LogP contribution >= 0.6 is 0 Å². The molecule has 1 aromatic carbocycles. The largest absolute Gasteiger partial charge is 0.329 e. The Morgan fingerprint density at radius 1 is 1.09 bits per heavy atom. The van der Waals surface area contributed by atoms with E-state index in [1.54, 1.807) is 42.4 Å². The van der Waals surface area contributed by atoms with Crippen molar-refractivity contribution >= 4 is 16.9 Å². The Bertz CT molecular complexity index is 1360. The van der Waals surface area contributed by atoms with Gasteiger partial charge in [0.2, 0.25) is 0 Å². The highest BCUT2D eigenvalue weighted by Crippen LogP contribution is 2.36. The van der Waals surface area contributed by atoms with Gasteiger partial charge in [0.25, 0.3) is 5.91 Å². The number of fused-ring (bicyclic) bond motifs is 2. The van der Waals surface area contributed by atoms with Crippen molar-refractivity contribution in [2.75, 3.05) is 6.54 Å². The van der Waals surface area contributed by atoms with Gasteiger partial charge in [0.15, 0.2) is 17.5 Å². The minimum Gasteiger partial charge on any atom is -0.329 e. The summed E-state index contributed by atoms with van der Waals surface area (Å²) in [5, 5.41) is 4.52. The van der Waals surface area contributed by atoms with Crippen LogP contribution in [0.25, 0.3) is 22.3 Å². The molecule has 4 aromatic rings. The van der Waals surface area contributed by atoms with Crippen molar-refractivity contribution in [1.29, 1.82) is 0 Å². The van der Waals surface area contributed by atoms with Gasteiger partial charge in [0, 0.05) is 30.9 Å². The topological polar surface area (TPSA) is 63.9 Å². The van der Waals surface area contributed by atoms with Crippen molar-refractivity contribution in [2.24, 2.45) is 7.05 Å². The smallest absolute Gasteiger partial charge is 0.273 e. The molecule has 162 valence electrons. The van der Waals surface area contributed by atoms with E-state index >= 15 is 0 Å². The third kappa shape index (κ3) is 3.12. The first kappa shape index (κ1) is 20.2. The lowest BCUT2D eigenvalue weighted by atomic mass is 9.95. The second-order valence-electron chi connectivity index (χ2n) is 7.75. The Balaban J connectivity index is 1.51. The van der Waals surface area contributed by atoms with E-state index in [1.807, 2.05) is 6.92 Å². The molecule has 0 N–H and O–H groups in total. The van der Waals surface area contributed by atoms with Crippen LogP contribution in [0.1, 0.15) is 34.7 Å². The maximum atomic E-state index is 13.8. The van der Waals surface area contributed by atoms with E-state index in [0.29, 0.717) is 41.1 Å². The SMILES string of the molecule is C[C@H]1c2nn(C)c(-c3cc(F)c(F)c(F)c3)c2CCN1C(=O)c1ccc2ncccc2n1. The number of carbonyl (C=O) groups excluding carboxylic acids is 1. The van der Waals surface area contributed by atoms with Crippen molar-refractivity contribution in [3.63, 3.8) is 0 Å². The standard InChI is InChI=1S/C23H18F3N5O/c1-12-21-14(22(30(2)29-21)13-10-15(24)20(26)16(25)11-13)7-9-31(12)23(32)19-6-5-17-18(28-19)4-3-8-27-17/h3-6,8,10-12H,7,9H2,1-2H3/t12-/m0/s1. The number of carbonyl (C=O) groups is 1. The molecule has 1 amide bonds. The molecule has 1 aliphatic rings.